The maximum absolute atomic E-state index is 8.93. The lowest BCUT2D eigenvalue weighted by atomic mass is 10.3. The van der Waals surface area contributed by atoms with Crippen molar-refractivity contribution in [3.8, 4) is 6.07 Å². The zero-order valence-electron chi connectivity index (χ0n) is 8.42. The minimum atomic E-state index is 0.566. The third kappa shape index (κ3) is 2.15. The summed E-state index contributed by atoms with van der Waals surface area (Å²) >= 11 is 1.41. The molecular formula is C12H9N3S. The molecule has 0 aliphatic heterocycles. The van der Waals surface area contributed by atoms with E-state index in [0.717, 1.165) is 4.90 Å². The molecule has 0 bridgehead atoms. The molecule has 0 fully saturated rings. The number of nitriles is 1. The third-order valence-corrected chi connectivity index (χ3v) is 3.13. The molecule has 16 heavy (non-hydrogen) atoms. The Labute approximate surface area is 97.9 Å². The summed E-state index contributed by atoms with van der Waals surface area (Å²) in [5, 5.41) is 9.61. The quantitative estimate of drug-likeness (QED) is 0.801. The van der Waals surface area contributed by atoms with E-state index in [-0.39, 0.29) is 0 Å². The lowest BCUT2D eigenvalue weighted by Crippen LogP contribution is -1.89. The van der Waals surface area contributed by atoms with E-state index in [1.54, 1.807) is 18.3 Å². The van der Waals surface area contributed by atoms with Crippen LogP contribution in [0.25, 0.3) is 0 Å². The predicted molar refractivity (Wildman–Crippen MR) is 63.9 cm³/mol. The average molecular weight is 227 g/mol. The van der Waals surface area contributed by atoms with E-state index in [1.165, 1.54) is 11.8 Å². The maximum atomic E-state index is 8.93. The second-order valence-corrected chi connectivity index (χ2v) is 4.14. The highest BCUT2D eigenvalue weighted by Crippen LogP contribution is 2.31. The standard InChI is InChI=1S/C12H9N3S/c13-8-9-4-3-7-15-12(9)16-11-6-2-1-5-10(11)14/h1-7H,14H2. The number of nitrogen functional groups attached to an aromatic ring is 1. The van der Waals surface area contributed by atoms with Gasteiger partial charge in [0.2, 0.25) is 0 Å². The fourth-order valence-corrected chi connectivity index (χ4v) is 2.11. The lowest BCUT2D eigenvalue weighted by Gasteiger charge is -2.04. The van der Waals surface area contributed by atoms with E-state index < -0.39 is 0 Å². The van der Waals surface area contributed by atoms with Crippen LogP contribution >= 0.6 is 11.8 Å². The number of nitrogens with zero attached hydrogens (tertiary/aromatic N) is 2. The van der Waals surface area contributed by atoms with Gasteiger partial charge in [0.25, 0.3) is 0 Å². The van der Waals surface area contributed by atoms with Crippen LogP contribution in [0.2, 0.25) is 0 Å². The molecule has 78 valence electrons. The minimum absolute atomic E-state index is 0.566. The van der Waals surface area contributed by atoms with Gasteiger partial charge < -0.3 is 5.73 Å². The molecule has 2 rings (SSSR count). The van der Waals surface area contributed by atoms with Crippen LogP contribution < -0.4 is 5.73 Å². The van der Waals surface area contributed by atoms with Gasteiger partial charge >= 0.3 is 0 Å². The van der Waals surface area contributed by atoms with E-state index in [1.807, 2.05) is 24.3 Å². The summed E-state index contributed by atoms with van der Waals surface area (Å²) in [6.07, 6.45) is 1.67. The van der Waals surface area contributed by atoms with Gasteiger partial charge in [0.15, 0.2) is 0 Å². The van der Waals surface area contributed by atoms with Crippen molar-refractivity contribution in [2.75, 3.05) is 5.73 Å². The summed E-state index contributed by atoms with van der Waals surface area (Å²) in [5.74, 6) is 0. The molecule has 3 nitrogen and oxygen atoms in total. The number of hydrogen-bond donors (Lipinski definition) is 1. The van der Waals surface area contributed by atoms with Crippen LogP contribution in [0.5, 0.6) is 0 Å². The summed E-state index contributed by atoms with van der Waals surface area (Å²) in [7, 11) is 0. The highest BCUT2D eigenvalue weighted by atomic mass is 32.2. The average Bonchev–Trinajstić information content (AvgIpc) is 2.33. The Hall–Kier alpha value is -1.99. The first kappa shape index (κ1) is 10.5. The SMILES string of the molecule is N#Cc1cccnc1Sc1ccccc1N. The molecule has 0 spiro atoms. The Morgan fingerprint density at radius 3 is 2.75 bits per heavy atom. The molecule has 0 aliphatic carbocycles. The monoisotopic (exact) mass is 227 g/mol. The summed E-state index contributed by atoms with van der Waals surface area (Å²) in [4.78, 5) is 5.09. The van der Waals surface area contributed by atoms with Crippen molar-refractivity contribution in [2.24, 2.45) is 0 Å². The molecule has 0 atom stereocenters. The fraction of sp³-hybridized carbons (Fsp3) is 0. The molecule has 2 aromatic rings. The number of benzene rings is 1. The second kappa shape index (κ2) is 4.69. The van der Waals surface area contributed by atoms with Crippen molar-refractivity contribution >= 4 is 17.4 Å². The Kier molecular flexibility index (Phi) is 3.08. The summed E-state index contributed by atoms with van der Waals surface area (Å²) in [5.41, 5.74) is 7.09. The fourth-order valence-electron chi connectivity index (χ4n) is 1.23. The normalized spacial score (nSPS) is 9.69. The van der Waals surface area contributed by atoms with Gasteiger partial charge in [-0.05, 0) is 24.3 Å². The first-order valence-corrected chi connectivity index (χ1v) is 5.50. The van der Waals surface area contributed by atoms with E-state index in [2.05, 4.69) is 11.1 Å². The van der Waals surface area contributed by atoms with Gasteiger partial charge in [0, 0.05) is 16.8 Å². The molecule has 1 heterocycles. The maximum Gasteiger partial charge on any atom is 0.119 e. The van der Waals surface area contributed by atoms with Gasteiger partial charge in [-0.15, -0.1) is 0 Å². The zero-order valence-corrected chi connectivity index (χ0v) is 9.24. The van der Waals surface area contributed by atoms with Crippen LogP contribution in [0.4, 0.5) is 5.69 Å². The third-order valence-electron chi connectivity index (χ3n) is 2.02. The van der Waals surface area contributed by atoms with Crippen LogP contribution in [0.15, 0.2) is 52.5 Å². The number of para-hydroxylation sites is 1. The Morgan fingerprint density at radius 2 is 2.00 bits per heavy atom. The minimum Gasteiger partial charge on any atom is -0.398 e. The Balaban J connectivity index is 2.35. The Bertz CT molecular complexity index is 546. The van der Waals surface area contributed by atoms with E-state index in [0.29, 0.717) is 16.3 Å². The van der Waals surface area contributed by atoms with Crippen molar-refractivity contribution in [3.05, 3.63) is 48.2 Å². The highest BCUT2D eigenvalue weighted by molar-refractivity contribution is 7.99. The highest BCUT2D eigenvalue weighted by Gasteiger charge is 2.06. The van der Waals surface area contributed by atoms with Crippen LogP contribution in [-0.4, -0.2) is 4.98 Å². The summed E-state index contributed by atoms with van der Waals surface area (Å²) in [6.45, 7) is 0. The van der Waals surface area contributed by atoms with E-state index in [9.17, 15) is 0 Å². The first-order valence-electron chi connectivity index (χ1n) is 4.69. The molecule has 0 radical (unpaired) electrons. The van der Waals surface area contributed by atoms with Crippen molar-refractivity contribution < 1.29 is 0 Å². The van der Waals surface area contributed by atoms with Gasteiger partial charge in [-0.25, -0.2) is 4.98 Å². The van der Waals surface area contributed by atoms with Gasteiger partial charge in [-0.2, -0.15) is 5.26 Å². The van der Waals surface area contributed by atoms with Gasteiger partial charge in [0.1, 0.15) is 11.1 Å². The largest absolute Gasteiger partial charge is 0.398 e. The summed E-state index contributed by atoms with van der Waals surface area (Å²) in [6, 6.07) is 13.1. The molecule has 1 aromatic carbocycles. The van der Waals surface area contributed by atoms with E-state index in [4.69, 9.17) is 11.0 Å². The van der Waals surface area contributed by atoms with E-state index >= 15 is 0 Å². The van der Waals surface area contributed by atoms with Crippen LogP contribution in [0.3, 0.4) is 0 Å². The topological polar surface area (TPSA) is 62.7 Å². The van der Waals surface area contributed by atoms with Crippen LogP contribution in [0.1, 0.15) is 5.56 Å². The molecule has 1 aromatic heterocycles. The van der Waals surface area contributed by atoms with Crippen LogP contribution in [0, 0.1) is 11.3 Å². The van der Waals surface area contributed by atoms with Gasteiger partial charge in [-0.1, -0.05) is 23.9 Å². The number of pyridine rings is 1. The number of hydrogen-bond acceptors (Lipinski definition) is 4. The number of nitrogens with two attached hydrogens (primary N) is 1. The van der Waals surface area contributed by atoms with Crippen LogP contribution in [-0.2, 0) is 0 Å². The molecule has 0 saturated heterocycles. The molecule has 0 unspecified atom stereocenters. The van der Waals surface area contributed by atoms with Crippen molar-refractivity contribution in [3.63, 3.8) is 0 Å². The first-order chi connectivity index (χ1) is 7.81. The molecule has 4 heteroatoms. The second-order valence-electron chi connectivity index (χ2n) is 3.11. The molecule has 0 amide bonds. The smallest absolute Gasteiger partial charge is 0.119 e. The van der Waals surface area contributed by atoms with Gasteiger partial charge in [-0.3, -0.25) is 0 Å². The molecular weight excluding hydrogens is 218 g/mol. The predicted octanol–water partition coefficient (Wildman–Crippen LogP) is 2.69. The Morgan fingerprint density at radius 1 is 1.19 bits per heavy atom. The number of aromatic nitrogens is 1. The molecule has 2 N–H and O–H groups in total. The van der Waals surface area contributed by atoms with Gasteiger partial charge in [0.05, 0.1) is 5.56 Å². The number of rotatable bonds is 2. The molecule has 0 saturated carbocycles. The number of anilines is 1. The zero-order chi connectivity index (χ0) is 11.4. The lowest BCUT2D eigenvalue weighted by molar-refractivity contribution is 1.11. The summed E-state index contributed by atoms with van der Waals surface area (Å²) < 4.78 is 0. The molecule has 0 aliphatic rings. The van der Waals surface area contributed by atoms with Crippen molar-refractivity contribution in [1.82, 2.24) is 4.98 Å². The van der Waals surface area contributed by atoms with Crippen molar-refractivity contribution in [2.45, 2.75) is 9.92 Å². The van der Waals surface area contributed by atoms with Crippen molar-refractivity contribution in [1.29, 1.82) is 5.26 Å².